The van der Waals surface area contributed by atoms with E-state index >= 15 is 0 Å². The molecule has 0 spiro atoms. The summed E-state index contributed by atoms with van der Waals surface area (Å²) in [6.45, 7) is 8.63. The number of hydrogen-bond donors (Lipinski definition) is 1. The van der Waals surface area contributed by atoms with Gasteiger partial charge < -0.3 is 5.32 Å². The first-order valence-electron chi connectivity index (χ1n) is 5.81. The molecule has 0 radical (unpaired) electrons. The van der Waals surface area contributed by atoms with E-state index < -0.39 is 0 Å². The Labute approximate surface area is 102 Å². The van der Waals surface area contributed by atoms with E-state index in [1.807, 2.05) is 19.2 Å². The monoisotopic (exact) mass is 239 g/mol. The number of aromatic nitrogens is 2. The summed E-state index contributed by atoms with van der Waals surface area (Å²) in [5, 5.41) is 4.32. The van der Waals surface area contributed by atoms with Crippen LogP contribution in [0.3, 0.4) is 0 Å². The Hall–Kier alpha value is -0.610. The Kier molecular flexibility index (Phi) is 6.42. The fourth-order valence-electron chi connectivity index (χ4n) is 1.25. The van der Waals surface area contributed by atoms with Gasteiger partial charge in [0, 0.05) is 17.6 Å². The van der Waals surface area contributed by atoms with Gasteiger partial charge in [0.15, 0.2) is 5.16 Å². The number of rotatable bonds is 7. The molecule has 16 heavy (non-hydrogen) atoms. The van der Waals surface area contributed by atoms with Crippen molar-refractivity contribution in [2.24, 2.45) is 5.92 Å². The molecule has 1 aromatic rings. The summed E-state index contributed by atoms with van der Waals surface area (Å²) in [5.41, 5.74) is 1.04. The molecule has 0 saturated heterocycles. The number of thioether (sulfide) groups is 1. The molecule has 0 aliphatic rings. The summed E-state index contributed by atoms with van der Waals surface area (Å²) in [6, 6.07) is 1.92. The van der Waals surface area contributed by atoms with E-state index in [4.69, 9.17) is 0 Å². The first-order chi connectivity index (χ1) is 7.68. The largest absolute Gasteiger partial charge is 0.316 e. The Morgan fingerprint density at radius 2 is 2.25 bits per heavy atom. The lowest BCUT2D eigenvalue weighted by molar-refractivity contribution is 0.551. The van der Waals surface area contributed by atoms with Gasteiger partial charge in [0.1, 0.15) is 0 Å². The molecule has 1 rings (SSSR count). The second kappa shape index (κ2) is 7.63. The number of hydrogen-bond acceptors (Lipinski definition) is 4. The minimum Gasteiger partial charge on any atom is -0.316 e. The average Bonchev–Trinajstić information content (AvgIpc) is 2.23. The molecule has 0 saturated carbocycles. The van der Waals surface area contributed by atoms with Gasteiger partial charge in [0.25, 0.3) is 0 Å². The van der Waals surface area contributed by atoms with Gasteiger partial charge in [-0.2, -0.15) is 0 Å². The van der Waals surface area contributed by atoms with E-state index in [0.717, 1.165) is 42.0 Å². The molecule has 90 valence electrons. The topological polar surface area (TPSA) is 37.8 Å². The average molecular weight is 239 g/mol. The van der Waals surface area contributed by atoms with Gasteiger partial charge in [-0.05, 0) is 38.4 Å². The molecule has 0 aliphatic carbocycles. The van der Waals surface area contributed by atoms with E-state index in [1.54, 1.807) is 11.8 Å². The van der Waals surface area contributed by atoms with Crippen molar-refractivity contribution in [1.29, 1.82) is 0 Å². The van der Waals surface area contributed by atoms with Crippen molar-refractivity contribution in [3.63, 3.8) is 0 Å². The second-order valence-electron chi connectivity index (χ2n) is 4.28. The molecule has 0 fully saturated rings. The van der Waals surface area contributed by atoms with Crippen molar-refractivity contribution in [2.75, 3.05) is 18.8 Å². The van der Waals surface area contributed by atoms with Crippen LogP contribution < -0.4 is 5.32 Å². The van der Waals surface area contributed by atoms with Crippen LogP contribution in [-0.2, 0) is 0 Å². The second-order valence-corrected chi connectivity index (χ2v) is 5.34. The lowest BCUT2D eigenvalue weighted by atomic mass is 10.2. The number of nitrogens with zero attached hydrogens (tertiary/aromatic N) is 2. The zero-order valence-corrected chi connectivity index (χ0v) is 11.2. The minimum absolute atomic E-state index is 0.729. The Bertz CT molecular complexity index is 302. The lowest BCUT2D eigenvalue weighted by Crippen LogP contribution is -2.21. The van der Waals surface area contributed by atoms with Gasteiger partial charge in [0.2, 0.25) is 0 Å². The van der Waals surface area contributed by atoms with Gasteiger partial charge >= 0.3 is 0 Å². The van der Waals surface area contributed by atoms with Crippen LogP contribution in [0.5, 0.6) is 0 Å². The predicted molar refractivity (Wildman–Crippen MR) is 69.8 cm³/mol. The van der Waals surface area contributed by atoms with E-state index in [9.17, 15) is 0 Å². The van der Waals surface area contributed by atoms with E-state index in [-0.39, 0.29) is 0 Å². The lowest BCUT2D eigenvalue weighted by Gasteiger charge is -2.06. The van der Waals surface area contributed by atoms with Crippen molar-refractivity contribution in [1.82, 2.24) is 15.3 Å². The molecule has 1 heterocycles. The maximum atomic E-state index is 4.35. The molecule has 0 amide bonds. The van der Waals surface area contributed by atoms with Crippen LogP contribution in [0.1, 0.15) is 26.0 Å². The Morgan fingerprint density at radius 1 is 1.44 bits per heavy atom. The van der Waals surface area contributed by atoms with Crippen molar-refractivity contribution in [3.05, 3.63) is 18.0 Å². The maximum absolute atomic E-state index is 4.35. The molecular weight excluding hydrogens is 218 g/mol. The molecule has 0 atom stereocenters. The van der Waals surface area contributed by atoms with Crippen LogP contribution in [0.2, 0.25) is 0 Å². The molecular formula is C12H21N3S. The quantitative estimate of drug-likeness (QED) is 0.451. The molecule has 0 aliphatic heterocycles. The van der Waals surface area contributed by atoms with Crippen LogP contribution in [0.15, 0.2) is 17.4 Å². The summed E-state index contributed by atoms with van der Waals surface area (Å²) >= 11 is 1.73. The highest BCUT2D eigenvalue weighted by atomic mass is 32.2. The van der Waals surface area contributed by atoms with Crippen LogP contribution >= 0.6 is 11.8 Å². The fourth-order valence-corrected chi connectivity index (χ4v) is 2.06. The summed E-state index contributed by atoms with van der Waals surface area (Å²) in [7, 11) is 0. The fraction of sp³-hybridized carbons (Fsp3) is 0.667. The standard InChI is InChI=1S/C12H21N3S/c1-10(2)9-13-6-4-8-16-12-14-7-5-11(3)15-12/h5,7,10,13H,4,6,8-9H2,1-3H3. The van der Waals surface area contributed by atoms with E-state index in [1.165, 1.54) is 0 Å². The third-order valence-electron chi connectivity index (χ3n) is 2.05. The zero-order valence-electron chi connectivity index (χ0n) is 10.4. The Balaban J connectivity index is 2.07. The van der Waals surface area contributed by atoms with Crippen molar-refractivity contribution < 1.29 is 0 Å². The van der Waals surface area contributed by atoms with Gasteiger partial charge in [-0.3, -0.25) is 0 Å². The minimum atomic E-state index is 0.729. The van der Waals surface area contributed by atoms with Crippen LogP contribution in [0.4, 0.5) is 0 Å². The van der Waals surface area contributed by atoms with Crippen molar-refractivity contribution in [3.8, 4) is 0 Å². The van der Waals surface area contributed by atoms with Crippen LogP contribution in [0, 0.1) is 12.8 Å². The molecule has 1 aromatic heterocycles. The van der Waals surface area contributed by atoms with Crippen molar-refractivity contribution in [2.45, 2.75) is 32.3 Å². The van der Waals surface area contributed by atoms with Crippen LogP contribution in [0.25, 0.3) is 0 Å². The first-order valence-corrected chi connectivity index (χ1v) is 6.80. The molecule has 0 unspecified atom stereocenters. The van der Waals surface area contributed by atoms with Gasteiger partial charge in [0.05, 0.1) is 0 Å². The summed E-state index contributed by atoms with van der Waals surface area (Å²) in [6.07, 6.45) is 2.98. The summed E-state index contributed by atoms with van der Waals surface area (Å²) in [5.74, 6) is 1.81. The first kappa shape index (κ1) is 13.5. The number of aryl methyl sites for hydroxylation is 1. The predicted octanol–water partition coefficient (Wildman–Crippen LogP) is 2.51. The molecule has 3 nitrogen and oxygen atoms in total. The highest BCUT2D eigenvalue weighted by Crippen LogP contribution is 2.12. The summed E-state index contributed by atoms with van der Waals surface area (Å²) in [4.78, 5) is 8.57. The highest BCUT2D eigenvalue weighted by Gasteiger charge is 1.97. The Morgan fingerprint density at radius 3 is 2.94 bits per heavy atom. The van der Waals surface area contributed by atoms with Gasteiger partial charge in [-0.25, -0.2) is 9.97 Å². The summed E-state index contributed by atoms with van der Waals surface area (Å²) < 4.78 is 0. The number of nitrogens with one attached hydrogen (secondary N) is 1. The van der Waals surface area contributed by atoms with Crippen molar-refractivity contribution >= 4 is 11.8 Å². The molecule has 4 heteroatoms. The molecule has 1 N–H and O–H groups in total. The van der Waals surface area contributed by atoms with Gasteiger partial charge in [-0.15, -0.1) is 0 Å². The third kappa shape index (κ3) is 6.08. The third-order valence-corrected chi connectivity index (χ3v) is 3.00. The van der Waals surface area contributed by atoms with Gasteiger partial charge in [-0.1, -0.05) is 25.6 Å². The molecule has 0 bridgehead atoms. The van der Waals surface area contributed by atoms with E-state index in [0.29, 0.717) is 0 Å². The zero-order chi connectivity index (χ0) is 11.8. The SMILES string of the molecule is Cc1ccnc(SCCCNCC(C)C)n1. The normalized spacial score (nSPS) is 11.0. The van der Waals surface area contributed by atoms with Crippen LogP contribution in [-0.4, -0.2) is 28.8 Å². The van der Waals surface area contributed by atoms with E-state index in [2.05, 4.69) is 29.1 Å². The molecule has 0 aromatic carbocycles. The smallest absolute Gasteiger partial charge is 0.187 e. The maximum Gasteiger partial charge on any atom is 0.187 e. The highest BCUT2D eigenvalue weighted by molar-refractivity contribution is 7.99.